The fourth-order valence-electron chi connectivity index (χ4n) is 2.27. The maximum absolute atomic E-state index is 6.16. The fourth-order valence-corrected chi connectivity index (χ4v) is 2.60. The third-order valence-electron chi connectivity index (χ3n) is 3.30. The highest BCUT2D eigenvalue weighted by atomic mass is 35.5. The van der Waals surface area contributed by atoms with Crippen molar-refractivity contribution in [3.8, 4) is 5.75 Å². The Labute approximate surface area is 136 Å². The third-order valence-corrected chi connectivity index (χ3v) is 3.85. The van der Waals surface area contributed by atoms with Crippen LogP contribution in [0.2, 0.25) is 10.0 Å². The zero-order valence-corrected chi connectivity index (χ0v) is 13.9. The molecule has 21 heavy (non-hydrogen) atoms. The molecule has 0 bridgehead atoms. The van der Waals surface area contributed by atoms with Crippen molar-refractivity contribution in [1.82, 2.24) is 0 Å². The first kappa shape index (κ1) is 16.0. The fraction of sp³-hybridized carbons (Fsp3) is 0.294. The minimum absolute atomic E-state index is 0.146. The number of benzene rings is 2. The molecule has 0 heterocycles. The van der Waals surface area contributed by atoms with Gasteiger partial charge in [-0.3, -0.25) is 0 Å². The predicted octanol–water partition coefficient (Wildman–Crippen LogP) is 5.55. The SMILES string of the molecule is CCN(c1cccc(C)c1)C(C)Oc1cc(Cl)ccc1Cl. The number of nitrogens with zero attached hydrogens (tertiary/aromatic N) is 1. The largest absolute Gasteiger partial charge is 0.469 e. The Kier molecular flexibility index (Phi) is 5.38. The van der Waals surface area contributed by atoms with Gasteiger partial charge in [-0.05, 0) is 50.6 Å². The molecular formula is C17H19Cl2NO. The molecule has 2 rings (SSSR count). The van der Waals surface area contributed by atoms with E-state index in [9.17, 15) is 0 Å². The Morgan fingerprint density at radius 3 is 2.57 bits per heavy atom. The lowest BCUT2D eigenvalue weighted by molar-refractivity contribution is 0.216. The van der Waals surface area contributed by atoms with Crippen molar-refractivity contribution in [2.45, 2.75) is 27.0 Å². The lowest BCUT2D eigenvalue weighted by Crippen LogP contribution is -2.37. The van der Waals surface area contributed by atoms with Gasteiger partial charge >= 0.3 is 0 Å². The molecule has 0 N–H and O–H groups in total. The molecule has 0 aliphatic heterocycles. The number of ether oxygens (including phenoxy) is 1. The van der Waals surface area contributed by atoms with E-state index in [4.69, 9.17) is 27.9 Å². The Bertz CT molecular complexity index is 615. The van der Waals surface area contributed by atoms with E-state index in [2.05, 4.69) is 36.9 Å². The summed E-state index contributed by atoms with van der Waals surface area (Å²) in [5.74, 6) is 0.600. The van der Waals surface area contributed by atoms with Crippen molar-refractivity contribution >= 4 is 28.9 Å². The lowest BCUT2D eigenvalue weighted by Gasteiger charge is -2.31. The molecule has 2 aromatic carbocycles. The molecule has 0 fully saturated rings. The minimum Gasteiger partial charge on any atom is -0.469 e. The van der Waals surface area contributed by atoms with Crippen LogP contribution in [-0.2, 0) is 0 Å². The molecule has 0 aliphatic carbocycles. The molecule has 1 atom stereocenters. The van der Waals surface area contributed by atoms with Crippen LogP contribution in [0.3, 0.4) is 0 Å². The monoisotopic (exact) mass is 323 g/mol. The number of anilines is 1. The average molecular weight is 324 g/mol. The number of halogens is 2. The van der Waals surface area contributed by atoms with Crippen LogP contribution in [0.5, 0.6) is 5.75 Å². The average Bonchev–Trinajstić information content (AvgIpc) is 2.44. The van der Waals surface area contributed by atoms with Gasteiger partial charge in [-0.25, -0.2) is 0 Å². The van der Waals surface area contributed by atoms with E-state index in [1.807, 2.05) is 13.0 Å². The van der Waals surface area contributed by atoms with Gasteiger partial charge in [0.2, 0.25) is 0 Å². The first-order chi connectivity index (χ1) is 10.0. The standard InChI is InChI=1S/C17H19Cl2NO/c1-4-20(15-7-5-6-12(2)10-15)13(3)21-17-11-14(18)8-9-16(17)19/h5-11,13H,4H2,1-3H3. The molecular weight excluding hydrogens is 305 g/mol. The van der Waals surface area contributed by atoms with Crippen LogP contribution in [0.15, 0.2) is 42.5 Å². The quantitative estimate of drug-likeness (QED) is 0.668. The van der Waals surface area contributed by atoms with Crippen LogP contribution in [0, 0.1) is 6.92 Å². The summed E-state index contributed by atoms with van der Waals surface area (Å²) in [4.78, 5) is 2.17. The van der Waals surface area contributed by atoms with E-state index in [-0.39, 0.29) is 6.23 Å². The number of aryl methyl sites for hydroxylation is 1. The van der Waals surface area contributed by atoms with Crippen molar-refractivity contribution in [2.24, 2.45) is 0 Å². The van der Waals surface area contributed by atoms with Crippen molar-refractivity contribution in [3.63, 3.8) is 0 Å². The molecule has 0 aliphatic rings. The van der Waals surface area contributed by atoms with Gasteiger partial charge in [-0.15, -0.1) is 0 Å². The van der Waals surface area contributed by atoms with E-state index >= 15 is 0 Å². The second kappa shape index (κ2) is 7.06. The molecule has 0 aromatic heterocycles. The van der Waals surface area contributed by atoms with Crippen molar-refractivity contribution in [2.75, 3.05) is 11.4 Å². The second-order valence-corrected chi connectivity index (χ2v) is 5.76. The zero-order valence-electron chi connectivity index (χ0n) is 12.4. The van der Waals surface area contributed by atoms with Crippen molar-refractivity contribution in [1.29, 1.82) is 0 Å². The third kappa shape index (κ3) is 4.05. The van der Waals surface area contributed by atoms with Crippen LogP contribution in [0.4, 0.5) is 5.69 Å². The van der Waals surface area contributed by atoms with E-state index in [0.717, 1.165) is 12.2 Å². The number of rotatable bonds is 5. The van der Waals surface area contributed by atoms with E-state index in [0.29, 0.717) is 15.8 Å². The summed E-state index contributed by atoms with van der Waals surface area (Å²) in [6.45, 7) is 7.02. The van der Waals surface area contributed by atoms with Crippen LogP contribution in [-0.4, -0.2) is 12.8 Å². The minimum atomic E-state index is -0.146. The van der Waals surface area contributed by atoms with Crippen LogP contribution < -0.4 is 9.64 Å². The first-order valence-electron chi connectivity index (χ1n) is 6.96. The van der Waals surface area contributed by atoms with Crippen LogP contribution >= 0.6 is 23.2 Å². The molecule has 2 aromatic rings. The maximum atomic E-state index is 6.16. The zero-order chi connectivity index (χ0) is 15.4. The van der Waals surface area contributed by atoms with E-state index in [1.54, 1.807) is 18.2 Å². The van der Waals surface area contributed by atoms with Crippen LogP contribution in [0.1, 0.15) is 19.4 Å². The van der Waals surface area contributed by atoms with Gasteiger partial charge in [0.05, 0.1) is 5.02 Å². The summed E-state index contributed by atoms with van der Waals surface area (Å²) in [5, 5.41) is 1.17. The maximum Gasteiger partial charge on any atom is 0.169 e. The Hall–Kier alpha value is -1.38. The Morgan fingerprint density at radius 2 is 1.90 bits per heavy atom. The molecule has 0 saturated carbocycles. The van der Waals surface area contributed by atoms with Gasteiger partial charge in [0.25, 0.3) is 0 Å². The molecule has 1 unspecified atom stereocenters. The summed E-state index contributed by atoms with van der Waals surface area (Å²) >= 11 is 12.2. The second-order valence-electron chi connectivity index (χ2n) is 4.92. The Morgan fingerprint density at radius 1 is 1.14 bits per heavy atom. The molecule has 0 radical (unpaired) electrons. The van der Waals surface area contributed by atoms with E-state index < -0.39 is 0 Å². The predicted molar refractivity (Wildman–Crippen MR) is 90.8 cm³/mol. The summed E-state index contributed by atoms with van der Waals surface area (Å²) in [7, 11) is 0. The van der Waals surface area contributed by atoms with Gasteiger partial charge in [-0.1, -0.05) is 35.3 Å². The smallest absolute Gasteiger partial charge is 0.169 e. The highest BCUT2D eigenvalue weighted by molar-refractivity contribution is 6.34. The highest BCUT2D eigenvalue weighted by Gasteiger charge is 2.16. The number of hydrogen-bond acceptors (Lipinski definition) is 2. The van der Waals surface area contributed by atoms with Crippen molar-refractivity contribution < 1.29 is 4.74 Å². The van der Waals surface area contributed by atoms with Gasteiger partial charge in [-0.2, -0.15) is 0 Å². The molecule has 4 heteroatoms. The van der Waals surface area contributed by atoms with Gasteiger partial charge in [0.1, 0.15) is 5.75 Å². The van der Waals surface area contributed by atoms with Crippen molar-refractivity contribution in [3.05, 3.63) is 58.1 Å². The molecule has 0 spiro atoms. The highest BCUT2D eigenvalue weighted by Crippen LogP contribution is 2.30. The summed E-state index contributed by atoms with van der Waals surface area (Å²) in [6.07, 6.45) is -0.146. The summed E-state index contributed by atoms with van der Waals surface area (Å²) < 4.78 is 5.98. The Balaban J connectivity index is 2.20. The summed E-state index contributed by atoms with van der Waals surface area (Å²) in [5.41, 5.74) is 2.35. The number of hydrogen-bond donors (Lipinski definition) is 0. The molecule has 2 nitrogen and oxygen atoms in total. The van der Waals surface area contributed by atoms with Gasteiger partial charge in [0.15, 0.2) is 6.23 Å². The summed E-state index contributed by atoms with van der Waals surface area (Å²) in [6, 6.07) is 13.6. The lowest BCUT2D eigenvalue weighted by atomic mass is 10.2. The van der Waals surface area contributed by atoms with Gasteiger partial charge < -0.3 is 9.64 Å². The molecule has 112 valence electrons. The molecule has 0 saturated heterocycles. The first-order valence-corrected chi connectivity index (χ1v) is 7.72. The normalized spacial score (nSPS) is 12.0. The van der Waals surface area contributed by atoms with E-state index in [1.165, 1.54) is 5.56 Å². The van der Waals surface area contributed by atoms with Crippen LogP contribution in [0.25, 0.3) is 0 Å². The topological polar surface area (TPSA) is 12.5 Å². The van der Waals surface area contributed by atoms with Gasteiger partial charge in [0, 0.05) is 23.3 Å². The molecule has 0 amide bonds.